The van der Waals surface area contributed by atoms with Crippen molar-refractivity contribution < 1.29 is 29.3 Å². The lowest BCUT2D eigenvalue weighted by atomic mass is 10.0. The fourth-order valence-electron chi connectivity index (χ4n) is 4.86. The number of aliphatic carboxylic acids is 1. The predicted octanol–water partition coefficient (Wildman–Crippen LogP) is 1.72. The second kappa shape index (κ2) is 11.7. The van der Waals surface area contributed by atoms with Gasteiger partial charge in [0, 0.05) is 17.6 Å². The summed E-state index contributed by atoms with van der Waals surface area (Å²) in [7, 11) is 0. The Morgan fingerprint density at radius 3 is 2.43 bits per heavy atom. The number of aliphatic hydroxyl groups is 1. The number of β-lactam (4-membered cyclic amide) rings is 1. The molecule has 1 amide bonds. The average molecular weight is 607 g/mol. The SMILES string of the molecule is NC1C(=O)N2C(C(=O)OC(c3ccccc3)c3ccccc3)=C(CSC3=CC(C(=O)O)=NC4=CN(CO)NN43)CS[C@@H]12. The lowest BCUT2D eigenvalue weighted by Crippen LogP contribution is -2.68. The Labute approximate surface area is 249 Å². The van der Waals surface area contributed by atoms with E-state index in [4.69, 9.17) is 10.5 Å². The molecule has 0 aliphatic carbocycles. The van der Waals surface area contributed by atoms with E-state index in [1.165, 1.54) is 50.7 Å². The predicted molar refractivity (Wildman–Crippen MR) is 157 cm³/mol. The monoisotopic (exact) mass is 606 g/mol. The van der Waals surface area contributed by atoms with Gasteiger partial charge in [0.25, 0.3) is 0 Å². The van der Waals surface area contributed by atoms with Crippen LogP contribution in [0.4, 0.5) is 0 Å². The van der Waals surface area contributed by atoms with Crippen LogP contribution in [0, 0.1) is 0 Å². The topological polar surface area (TPSA) is 161 Å². The molecule has 1 saturated heterocycles. The summed E-state index contributed by atoms with van der Waals surface area (Å²) in [6, 6.07) is 18.0. The lowest BCUT2D eigenvalue weighted by molar-refractivity contribution is -0.153. The van der Waals surface area contributed by atoms with Crippen LogP contribution in [0.15, 0.2) is 100 Å². The number of carbonyl (C=O) groups excluding carboxylic acids is 2. The maximum Gasteiger partial charge on any atom is 0.356 e. The highest BCUT2D eigenvalue weighted by atomic mass is 32.2. The van der Waals surface area contributed by atoms with Gasteiger partial charge in [-0.25, -0.2) is 19.6 Å². The van der Waals surface area contributed by atoms with E-state index >= 15 is 0 Å². The Morgan fingerprint density at radius 2 is 1.81 bits per heavy atom. The molecular weight excluding hydrogens is 580 g/mol. The number of hydrogen-bond acceptors (Lipinski definition) is 12. The summed E-state index contributed by atoms with van der Waals surface area (Å²) in [6.45, 7) is -0.365. The number of hydrogen-bond donors (Lipinski definition) is 4. The fraction of sp³-hybridized carbons (Fsp3) is 0.214. The Balaban J connectivity index is 1.31. The van der Waals surface area contributed by atoms with Gasteiger partial charge in [0.15, 0.2) is 17.6 Å². The van der Waals surface area contributed by atoms with Gasteiger partial charge in [0.2, 0.25) is 5.91 Å². The van der Waals surface area contributed by atoms with Crippen molar-refractivity contribution >= 4 is 47.1 Å². The molecule has 0 bridgehead atoms. The number of hydrazine groups is 2. The molecule has 1 unspecified atom stereocenters. The molecule has 0 radical (unpaired) electrons. The van der Waals surface area contributed by atoms with E-state index in [9.17, 15) is 24.6 Å². The number of nitrogens with one attached hydrogen (secondary N) is 1. The Bertz CT molecular complexity index is 1510. The van der Waals surface area contributed by atoms with Gasteiger partial charge in [-0.3, -0.25) is 14.7 Å². The molecule has 5 N–H and O–H groups in total. The van der Waals surface area contributed by atoms with Crippen LogP contribution in [0.25, 0.3) is 0 Å². The number of fused-ring (bicyclic) bond motifs is 2. The second-order valence-electron chi connectivity index (χ2n) is 9.60. The molecule has 42 heavy (non-hydrogen) atoms. The molecule has 1 fully saturated rings. The number of benzene rings is 2. The molecule has 2 atom stereocenters. The average Bonchev–Trinajstić information content (AvgIpc) is 3.46. The second-order valence-corrected chi connectivity index (χ2v) is 11.7. The van der Waals surface area contributed by atoms with Crippen LogP contribution in [0.5, 0.6) is 0 Å². The third kappa shape index (κ3) is 5.18. The Morgan fingerprint density at radius 1 is 1.14 bits per heavy atom. The van der Waals surface area contributed by atoms with Crippen LogP contribution in [-0.4, -0.2) is 78.3 Å². The minimum Gasteiger partial charge on any atom is -0.477 e. The van der Waals surface area contributed by atoms with Gasteiger partial charge in [-0.15, -0.1) is 29.1 Å². The van der Waals surface area contributed by atoms with Crippen LogP contribution in [-0.2, 0) is 19.1 Å². The van der Waals surface area contributed by atoms with Crippen molar-refractivity contribution in [3.63, 3.8) is 0 Å². The minimum absolute atomic E-state index is 0.153. The molecule has 6 rings (SSSR count). The van der Waals surface area contributed by atoms with Crippen LogP contribution in [0.3, 0.4) is 0 Å². The van der Waals surface area contributed by atoms with Gasteiger partial charge in [-0.1, -0.05) is 60.7 Å². The van der Waals surface area contributed by atoms with Crippen LogP contribution in [0.1, 0.15) is 17.2 Å². The first-order valence-electron chi connectivity index (χ1n) is 12.9. The largest absolute Gasteiger partial charge is 0.477 e. The molecular formula is C28H26N6O6S2. The molecule has 4 heterocycles. The molecule has 2 aromatic carbocycles. The summed E-state index contributed by atoms with van der Waals surface area (Å²) in [4.78, 5) is 44.1. The molecule has 2 aromatic rings. The Hall–Kier alpha value is -4.08. The Kier molecular flexibility index (Phi) is 7.79. The maximum absolute atomic E-state index is 14.0. The summed E-state index contributed by atoms with van der Waals surface area (Å²) in [5, 5.41) is 22.1. The molecule has 4 aliphatic heterocycles. The van der Waals surface area contributed by atoms with Gasteiger partial charge in [-0.05, 0) is 16.7 Å². The van der Waals surface area contributed by atoms with E-state index in [0.29, 0.717) is 16.4 Å². The number of nitrogens with two attached hydrogens (primary N) is 1. The zero-order valence-electron chi connectivity index (χ0n) is 22.0. The maximum atomic E-state index is 14.0. The third-order valence-electron chi connectivity index (χ3n) is 6.92. The van der Waals surface area contributed by atoms with Crippen molar-refractivity contribution in [3.05, 3.63) is 106 Å². The number of amides is 1. The number of aliphatic hydroxyl groups excluding tert-OH is 1. The number of carboxylic acid groups (broad SMARTS) is 1. The van der Waals surface area contributed by atoms with Gasteiger partial charge >= 0.3 is 11.9 Å². The quantitative estimate of drug-likeness (QED) is 0.242. The van der Waals surface area contributed by atoms with Crippen LogP contribution >= 0.6 is 23.5 Å². The molecule has 216 valence electrons. The van der Waals surface area contributed by atoms with E-state index in [0.717, 1.165) is 11.1 Å². The lowest BCUT2D eigenvalue weighted by Gasteiger charge is -2.48. The van der Waals surface area contributed by atoms with Crippen molar-refractivity contribution in [2.75, 3.05) is 18.2 Å². The van der Waals surface area contributed by atoms with Gasteiger partial charge in [0.05, 0.1) is 11.2 Å². The number of esters is 1. The summed E-state index contributed by atoms with van der Waals surface area (Å²) >= 11 is 2.72. The van der Waals surface area contributed by atoms with E-state index < -0.39 is 24.1 Å². The molecule has 14 heteroatoms. The molecule has 0 saturated carbocycles. The standard InChI is InChI=1S/C28H26N6O6S2/c29-22-25(36)33-23(28(39)40-24(16-7-3-1-4-8-16)17-9-5-2-6-10-17)18(14-42-26(22)33)13-41-21-11-19(27(37)38)30-20-12-32(15-35)31-34(20)21/h1-12,22,24,26,31,35H,13-15,29H2,(H,37,38)/t22?,26-/m0/s1. The smallest absolute Gasteiger partial charge is 0.356 e. The number of thioether (sulfide) groups is 2. The van der Waals surface area contributed by atoms with E-state index in [2.05, 4.69) is 10.5 Å². The highest BCUT2D eigenvalue weighted by molar-refractivity contribution is 8.03. The summed E-state index contributed by atoms with van der Waals surface area (Å²) in [6.07, 6.45) is 2.18. The fourth-order valence-corrected chi connectivity index (χ4v) is 7.30. The highest BCUT2D eigenvalue weighted by Crippen LogP contribution is 2.42. The number of carboxylic acids is 1. The third-order valence-corrected chi connectivity index (χ3v) is 9.37. The highest BCUT2D eigenvalue weighted by Gasteiger charge is 2.52. The zero-order valence-corrected chi connectivity index (χ0v) is 23.6. The molecule has 4 aliphatic rings. The van der Waals surface area contributed by atoms with E-state index in [1.54, 1.807) is 0 Å². The van der Waals surface area contributed by atoms with Crippen molar-refractivity contribution in [1.82, 2.24) is 20.5 Å². The number of ether oxygens (including phenoxy) is 1. The molecule has 12 nitrogen and oxygen atoms in total. The first kappa shape index (κ1) is 28.1. The van der Waals surface area contributed by atoms with Crippen molar-refractivity contribution in [3.8, 4) is 0 Å². The zero-order chi connectivity index (χ0) is 29.4. The minimum atomic E-state index is -1.20. The van der Waals surface area contributed by atoms with Crippen LogP contribution < -0.4 is 11.3 Å². The van der Waals surface area contributed by atoms with Crippen LogP contribution in [0.2, 0.25) is 0 Å². The summed E-state index contributed by atoms with van der Waals surface area (Å²) in [5.41, 5.74) is 11.2. The van der Waals surface area contributed by atoms with Crippen molar-refractivity contribution in [2.45, 2.75) is 17.5 Å². The summed E-state index contributed by atoms with van der Waals surface area (Å²) in [5.74, 6) is -1.26. The molecule has 0 spiro atoms. The normalized spacial score (nSPS) is 21.4. The first-order chi connectivity index (χ1) is 20.4. The van der Waals surface area contributed by atoms with Crippen molar-refractivity contribution in [1.29, 1.82) is 0 Å². The van der Waals surface area contributed by atoms with Gasteiger partial charge in [-0.2, -0.15) is 0 Å². The number of nitrogens with zero attached hydrogens (tertiary/aromatic N) is 4. The molecule has 0 aromatic heterocycles. The van der Waals surface area contributed by atoms with Gasteiger partial charge < -0.3 is 20.7 Å². The number of rotatable bonds is 9. The number of carbonyl (C=O) groups is 3. The summed E-state index contributed by atoms with van der Waals surface area (Å²) < 4.78 is 6.14. The number of aliphatic imine (C=N–C) groups is 1. The van der Waals surface area contributed by atoms with Crippen molar-refractivity contribution in [2.24, 2.45) is 10.7 Å². The van der Waals surface area contributed by atoms with Gasteiger partial charge in [0.1, 0.15) is 23.8 Å². The van der Waals surface area contributed by atoms with E-state index in [1.807, 2.05) is 60.7 Å². The van der Waals surface area contributed by atoms with E-state index in [-0.39, 0.29) is 41.0 Å². The first-order valence-corrected chi connectivity index (χ1v) is 14.9.